The summed E-state index contributed by atoms with van der Waals surface area (Å²) in [5, 5.41) is 8.40. The molecular weight excluding hydrogens is 539 g/mol. The third-order valence-electron chi connectivity index (χ3n) is 5.67. The van der Waals surface area contributed by atoms with Crippen molar-refractivity contribution in [3.05, 3.63) is 53.6 Å². The van der Waals surface area contributed by atoms with E-state index < -0.39 is 12.1 Å². The Kier molecular flexibility index (Phi) is 11.8. The van der Waals surface area contributed by atoms with E-state index in [0.717, 1.165) is 5.56 Å². The molecule has 12 heteroatoms. The molecule has 0 fully saturated rings. The van der Waals surface area contributed by atoms with Crippen molar-refractivity contribution >= 4 is 40.1 Å². The van der Waals surface area contributed by atoms with E-state index in [1.54, 1.807) is 38.1 Å². The highest BCUT2D eigenvalue weighted by atomic mass is 35.5. The maximum absolute atomic E-state index is 12.7. The lowest BCUT2D eigenvalue weighted by molar-refractivity contribution is -0.275. The molecule has 39 heavy (non-hydrogen) atoms. The highest BCUT2D eigenvalue weighted by Gasteiger charge is 2.33. The van der Waals surface area contributed by atoms with Gasteiger partial charge in [0.1, 0.15) is 0 Å². The van der Waals surface area contributed by atoms with Crippen molar-refractivity contribution in [2.24, 2.45) is 11.0 Å². The fourth-order valence-electron chi connectivity index (χ4n) is 3.59. The molecule has 8 nitrogen and oxygen atoms in total. The Hall–Kier alpha value is -3.60. The number of carbonyl (C=O) groups excluding carboxylic acids is 3. The van der Waals surface area contributed by atoms with Crippen LogP contribution >= 0.6 is 11.6 Å². The molecule has 0 spiro atoms. The van der Waals surface area contributed by atoms with Crippen molar-refractivity contribution in [2.45, 2.75) is 59.4 Å². The zero-order valence-electron chi connectivity index (χ0n) is 22.1. The van der Waals surface area contributed by atoms with Crippen LogP contribution < -0.4 is 14.8 Å². The fourth-order valence-corrected chi connectivity index (χ4v) is 3.59. The molecule has 1 aliphatic heterocycles. The summed E-state index contributed by atoms with van der Waals surface area (Å²) < 4.78 is 47.1. The predicted octanol–water partition coefficient (Wildman–Crippen LogP) is 6.27. The minimum Gasteiger partial charge on any atom is -0.493 e. The molecular formula is C27H31ClF3N3O5. The van der Waals surface area contributed by atoms with Crippen LogP contribution in [-0.4, -0.2) is 41.2 Å². The quantitative estimate of drug-likeness (QED) is 0.359. The predicted molar refractivity (Wildman–Crippen MR) is 142 cm³/mol. The molecule has 212 valence electrons. The monoisotopic (exact) mass is 569 g/mol. The number of ether oxygens (including phenoxy) is 2. The lowest BCUT2D eigenvalue weighted by Gasteiger charge is -2.29. The Morgan fingerprint density at radius 1 is 1.08 bits per heavy atom. The van der Waals surface area contributed by atoms with E-state index in [0.29, 0.717) is 36.2 Å². The van der Waals surface area contributed by atoms with E-state index in [1.807, 2.05) is 6.92 Å². The Morgan fingerprint density at radius 2 is 1.72 bits per heavy atom. The van der Waals surface area contributed by atoms with Crippen LogP contribution in [0, 0.1) is 5.92 Å². The summed E-state index contributed by atoms with van der Waals surface area (Å²) in [5.74, 6) is -0.967. The van der Waals surface area contributed by atoms with Gasteiger partial charge in [0.05, 0.1) is 19.4 Å². The summed E-state index contributed by atoms with van der Waals surface area (Å²) in [6, 6.07) is 11.2. The minimum atomic E-state index is -4.85. The molecule has 0 saturated carbocycles. The third kappa shape index (κ3) is 9.90. The zero-order valence-corrected chi connectivity index (χ0v) is 22.9. The number of nitrogens with zero attached hydrogens (tertiary/aromatic N) is 2. The van der Waals surface area contributed by atoms with Crippen molar-refractivity contribution in [1.29, 1.82) is 0 Å². The molecule has 0 bridgehead atoms. The average Bonchev–Trinajstić information content (AvgIpc) is 2.90. The smallest absolute Gasteiger partial charge is 0.493 e. The first kappa shape index (κ1) is 31.6. The van der Waals surface area contributed by atoms with Gasteiger partial charge in [-0.05, 0) is 53.9 Å². The van der Waals surface area contributed by atoms with Crippen LogP contribution in [-0.2, 0) is 20.9 Å². The molecule has 2 aromatic rings. The maximum atomic E-state index is 12.7. The third-order valence-corrected chi connectivity index (χ3v) is 5.94. The lowest BCUT2D eigenvalue weighted by Crippen LogP contribution is -2.36. The molecule has 1 atom stereocenters. The number of rotatable bonds is 9. The Bertz CT molecular complexity index is 1190. The number of benzene rings is 2. The molecule has 2 aromatic carbocycles. The fraction of sp³-hybridized carbons (Fsp3) is 0.407. The van der Waals surface area contributed by atoms with Crippen LogP contribution in [0.4, 0.5) is 18.9 Å². The standard InChI is InChI=1S/C24H26F3N3O4.C3H5ClO/c1-4-16-13-22(32)30(14-15-6-9-18(10-7-15)28-21(31)5-2)29-23(16)17-8-11-19(20(12-17)33-3)34-24(25,26)27;1-2-3(4)5/h6-12,16H,4-5,13-14H2,1-3H3,(H,28,31);2H2,1H3. The first-order chi connectivity index (χ1) is 18.4. The molecule has 0 aromatic heterocycles. The summed E-state index contributed by atoms with van der Waals surface area (Å²) in [4.78, 5) is 33.8. The topological polar surface area (TPSA) is 97.3 Å². The number of anilines is 1. The van der Waals surface area contributed by atoms with Gasteiger partial charge in [0.15, 0.2) is 11.5 Å². The van der Waals surface area contributed by atoms with Gasteiger partial charge in [-0.15, -0.1) is 13.2 Å². The van der Waals surface area contributed by atoms with Gasteiger partial charge in [-0.2, -0.15) is 5.10 Å². The summed E-state index contributed by atoms with van der Waals surface area (Å²) in [7, 11) is 1.25. The second-order valence-corrected chi connectivity index (χ2v) is 8.89. The number of halogens is 4. The number of carbonyl (C=O) groups is 3. The van der Waals surface area contributed by atoms with Gasteiger partial charge in [-0.25, -0.2) is 5.01 Å². The second-order valence-electron chi connectivity index (χ2n) is 8.47. The molecule has 1 N–H and O–H groups in total. The molecule has 0 saturated heterocycles. The summed E-state index contributed by atoms with van der Waals surface area (Å²) in [6.07, 6.45) is -3.19. The van der Waals surface area contributed by atoms with E-state index in [9.17, 15) is 27.6 Å². The molecule has 0 aliphatic carbocycles. The zero-order chi connectivity index (χ0) is 29.2. The summed E-state index contributed by atoms with van der Waals surface area (Å²) in [5.41, 5.74) is 2.61. The van der Waals surface area contributed by atoms with Gasteiger partial charge < -0.3 is 14.8 Å². The minimum absolute atomic E-state index is 0.0828. The van der Waals surface area contributed by atoms with Crippen LogP contribution in [0.3, 0.4) is 0 Å². The van der Waals surface area contributed by atoms with Crippen molar-refractivity contribution < 1.29 is 37.0 Å². The van der Waals surface area contributed by atoms with Crippen LogP contribution in [0.1, 0.15) is 57.6 Å². The van der Waals surface area contributed by atoms with Crippen LogP contribution in [0.5, 0.6) is 11.5 Å². The molecule has 1 heterocycles. The highest BCUT2D eigenvalue weighted by Crippen LogP contribution is 2.35. The Labute approximate surface area is 230 Å². The van der Waals surface area contributed by atoms with E-state index in [-0.39, 0.29) is 41.7 Å². The Balaban J connectivity index is 0.000000976. The first-order valence-corrected chi connectivity index (χ1v) is 12.7. The van der Waals surface area contributed by atoms with Gasteiger partial charge in [-0.1, -0.05) is 32.9 Å². The first-order valence-electron chi connectivity index (χ1n) is 12.3. The number of hydrogen-bond donors (Lipinski definition) is 1. The molecule has 1 unspecified atom stereocenters. The average molecular weight is 570 g/mol. The van der Waals surface area contributed by atoms with Gasteiger partial charge in [0.25, 0.3) is 0 Å². The Morgan fingerprint density at radius 3 is 2.23 bits per heavy atom. The van der Waals surface area contributed by atoms with E-state index in [1.165, 1.54) is 30.3 Å². The van der Waals surface area contributed by atoms with E-state index in [4.69, 9.17) is 16.3 Å². The molecule has 3 rings (SSSR count). The maximum Gasteiger partial charge on any atom is 0.573 e. The number of nitrogens with one attached hydrogen (secondary N) is 1. The number of alkyl halides is 3. The molecule has 2 amide bonds. The SMILES string of the molecule is CCC(=O)Cl.CCC(=O)Nc1ccc(CN2N=C(c3ccc(OC(F)(F)F)c(OC)c3)C(CC)CC2=O)cc1. The van der Waals surface area contributed by atoms with Crippen LogP contribution in [0.25, 0.3) is 0 Å². The van der Waals surface area contributed by atoms with Crippen LogP contribution in [0.2, 0.25) is 0 Å². The number of methoxy groups -OCH3 is 1. The van der Waals surface area contributed by atoms with Gasteiger partial charge in [-0.3, -0.25) is 14.4 Å². The lowest BCUT2D eigenvalue weighted by atomic mass is 9.89. The largest absolute Gasteiger partial charge is 0.573 e. The normalized spacial score (nSPS) is 15.1. The number of amides is 2. The molecule has 0 radical (unpaired) electrons. The number of hydrazone groups is 1. The number of hydrogen-bond acceptors (Lipinski definition) is 6. The van der Waals surface area contributed by atoms with Gasteiger partial charge >= 0.3 is 6.36 Å². The summed E-state index contributed by atoms with van der Waals surface area (Å²) in [6.45, 7) is 5.62. The van der Waals surface area contributed by atoms with Crippen molar-refractivity contribution in [1.82, 2.24) is 5.01 Å². The summed E-state index contributed by atoms with van der Waals surface area (Å²) >= 11 is 4.82. The van der Waals surface area contributed by atoms with Crippen LogP contribution in [0.15, 0.2) is 47.6 Å². The van der Waals surface area contributed by atoms with Crippen molar-refractivity contribution in [3.63, 3.8) is 0 Å². The van der Waals surface area contributed by atoms with Gasteiger partial charge in [0, 0.05) is 36.4 Å². The highest BCUT2D eigenvalue weighted by molar-refractivity contribution is 6.63. The van der Waals surface area contributed by atoms with E-state index >= 15 is 0 Å². The second kappa shape index (κ2) is 14.5. The van der Waals surface area contributed by atoms with E-state index in [2.05, 4.69) is 15.2 Å². The molecule has 1 aliphatic rings. The van der Waals surface area contributed by atoms with Gasteiger partial charge in [0.2, 0.25) is 17.1 Å². The van der Waals surface area contributed by atoms with Crippen molar-refractivity contribution in [3.8, 4) is 11.5 Å². The van der Waals surface area contributed by atoms with Crippen molar-refractivity contribution in [2.75, 3.05) is 12.4 Å².